The molecule has 0 heterocycles. The second-order valence-electron chi connectivity index (χ2n) is 2.92. The van der Waals surface area contributed by atoms with E-state index in [9.17, 15) is 8.78 Å². The fraction of sp³-hybridized carbons (Fsp3) is 0.400. The monoisotopic (exact) mass is 185 g/mol. The minimum Gasteiger partial charge on any atom is -0.308 e. The van der Waals surface area contributed by atoms with Gasteiger partial charge in [-0.3, -0.25) is 0 Å². The molecule has 0 aliphatic rings. The van der Waals surface area contributed by atoms with Gasteiger partial charge in [0.1, 0.15) is 12.5 Å². The molecule has 1 aromatic carbocycles. The molecule has 13 heavy (non-hydrogen) atoms. The van der Waals surface area contributed by atoms with Gasteiger partial charge in [-0.05, 0) is 24.6 Å². The number of hydrogen-bond donors (Lipinski definition) is 1. The van der Waals surface area contributed by atoms with Gasteiger partial charge in [0.05, 0.1) is 0 Å². The number of halogens is 2. The summed E-state index contributed by atoms with van der Waals surface area (Å²) in [5.74, 6) is -0.249. The number of benzene rings is 1. The molecule has 0 radical (unpaired) electrons. The van der Waals surface area contributed by atoms with Gasteiger partial charge in [-0.25, -0.2) is 8.78 Å². The molecule has 0 saturated carbocycles. The molecule has 0 aromatic heterocycles. The van der Waals surface area contributed by atoms with Crippen LogP contribution in [0.15, 0.2) is 24.3 Å². The van der Waals surface area contributed by atoms with Gasteiger partial charge in [0.15, 0.2) is 0 Å². The van der Waals surface area contributed by atoms with Gasteiger partial charge >= 0.3 is 0 Å². The minimum atomic E-state index is -0.383. The van der Waals surface area contributed by atoms with Crippen molar-refractivity contribution in [3.8, 4) is 0 Å². The summed E-state index contributed by atoms with van der Waals surface area (Å²) < 4.78 is 24.3. The van der Waals surface area contributed by atoms with Crippen LogP contribution in [0, 0.1) is 5.82 Å². The van der Waals surface area contributed by atoms with Gasteiger partial charge in [0, 0.05) is 12.6 Å². The van der Waals surface area contributed by atoms with E-state index in [2.05, 4.69) is 5.32 Å². The van der Waals surface area contributed by atoms with Crippen molar-refractivity contribution < 1.29 is 8.78 Å². The van der Waals surface area contributed by atoms with Gasteiger partial charge in [0.25, 0.3) is 0 Å². The molecule has 0 aliphatic heterocycles. The van der Waals surface area contributed by atoms with Crippen LogP contribution in [0.5, 0.6) is 0 Å². The Labute approximate surface area is 76.8 Å². The summed E-state index contributed by atoms with van der Waals surface area (Å²) in [5.41, 5.74) is 0.967. The Morgan fingerprint density at radius 3 is 2.46 bits per heavy atom. The first-order valence-corrected chi connectivity index (χ1v) is 4.29. The predicted molar refractivity (Wildman–Crippen MR) is 48.8 cm³/mol. The second kappa shape index (κ2) is 4.92. The Morgan fingerprint density at radius 1 is 1.31 bits per heavy atom. The van der Waals surface area contributed by atoms with Crippen molar-refractivity contribution in [2.75, 3.05) is 13.2 Å². The topological polar surface area (TPSA) is 12.0 Å². The maximum absolute atomic E-state index is 12.5. The highest BCUT2D eigenvalue weighted by atomic mass is 19.1. The number of alkyl halides is 1. The minimum absolute atomic E-state index is 0.0661. The van der Waals surface area contributed by atoms with Gasteiger partial charge < -0.3 is 5.32 Å². The lowest BCUT2D eigenvalue weighted by molar-refractivity contribution is 0.444. The maximum Gasteiger partial charge on any atom is 0.123 e. The number of hydrogen-bond acceptors (Lipinski definition) is 1. The van der Waals surface area contributed by atoms with Crippen LogP contribution in [0.4, 0.5) is 8.78 Å². The van der Waals surface area contributed by atoms with Crippen LogP contribution in [-0.2, 0) is 0 Å². The van der Waals surface area contributed by atoms with Gasteiger partial charge in [-0.15, -0.1) is 0 Å². The predicted octanol–water partition coefficient (Wildman–Crippen LogP) is 2.45. The van der Waals surface area contributed by atoms with Crippen LogP contribution in [0.1, 0.15) is 18.5 Å². The van der Waals surface area contributed by atoms with Crippen LogP contribution in [-0.4, -0.2) is 13.2 Å². The van der Waals surface area contributed by atoms with E-state index < -0.39 is 0 Å². The van der Waals surface area contributed by atoms with Crippen molar-refractivity contribution in [3.05, 3.63) is 35.6 Å². The van der Waals surface area contributed by atoms with E-state index in [0.717, 1.165) is 5.56 Å². The summed E-state index contributed by atoms with van der Waals surface area (Å²) in [6, 6.07) is 6.28. The second-order valence-corrected chi connectivity index (χ2v) is 2.92. The third kappa shape index (κ3) is 3.11. The lowest BCUT2D eigenvalue weighted by atomic mass is 10.1. The zero-order valence-electron chi connectivity index (χ0n) is 7.56. The van der Waals surface area contributed by atoms with Gasteiger partial charge in [0.2, 0.25) is 0 Å². The highest BCUT2D eigenvalue weighted by molar-refractivity contribution is 5.19. The molecule has 1 nitrogen and oxygen atoms in total. The first-order valence-electron chi connectivity index (χ1n) is 4.29. The highest BCUT2D eigenvalue weighted by Crippen LogP contribution is 2.12. The smallest absolute Gasteiger partial charge is 0.123 e. The average Bonchev–Trinajstić information content (AvgIpc) is 2.15. The molecule has 0 saturated heterocycles. The summed E-state index contributed by atoms with van der Waals surface area (Å²) in [7, 11) is 0. The molecular weight excluding hydrogens is 172 g/mol. The van der Waals surface area contributed by atoms with E-state index in [1.807, 2.05) is 6.92 Å². The van der Waals surface area contributed by atoms with E-state index in [1.54, 1.807) is 12.1 Å². The summed E-state index contributed by atoms with van der Waals surface area (Å²) in [5, 5.41) is 2.97. The highest BCUT2D eigenvalue weighted by Gasteiger charge is 2.03. The Morgan fingerprint density at radius 2 is 1.92 bits per heavy atom. The summed E-state index contributed by atoms with van der Waals surface area (Å²) >= 11 is 0. The van der Waals surface area contributed by atoms with Crippen LogP contribution >= 0.6 is 0 Å². The lowest BCUT2D eigenvalue weighted by Crippen LogP contribution is -2.20. The van der Waals surface area contributed by atoms with Crippen molar-refractivity contribution in [1.29, 1.82) is 0 Å². The molecule has 1 rings (SSSR count). The first-order chi connectivity index (χ1) is 6.24. The molecule has 1 N–H and O–H groups in total. The van der Waals surface area contributed by atoms with Crippen molar-refractivity contribution in [2.24, 2.45) is 0 Å². The standard InChI is InChI=1S/C10H13F2N/c1-8(13-7-6-11)9-2-4-10(12)5-3-9/h2-5,8,13H,6-7H2,1H3. The van der Waals surface area contributed by atoms with E-state index in [0.29, 0.717) is 6.54 Å². The molecule has 1 atom stereocenters. The van der Waals surface area contributed by atoms with Gasteiger partial charge in [-0.1, -0.05) is 12.1 Å². The third-order valence-corrected chi connectivity index (χ3v) is 1.92. The largest absolute Gasteiger partial charge is 0.308 e. The molecular formula is C10H13F2N. The van der Waals surface area contributed by atoms with Crippen LogP contribution in [0.3, 0.4) is 0 Å². The zero-order valence-corrected chi connectivity index (χ0v) is 7.56. The summed E-state index contributed by atoms with van der Waals surface area (Å²) in [6.45, 7) is 1.87. The molecule has 72 valence electrons. The average molecular weight is 185 g/mol. The maximum atomic E-state index is 12.5. The van der Waals surface area contributed by atoms with E-state index in [-0.39, 0.29) is 18.5 Å². The quantitative estimate of drug-likeness (QED) is 0.759. The SMILES string of the molecule is CC(NCCF)c1ccc(F)cc1. The molecule has 0 bridgehead atoms. The Kier molecular flexibility index (Phi) is 3.83. The zero-order chi connectivity index (χ0) is 9.68. The summed E-state index contributed by atoms with van der Waals surface area (Å²) in [4.78, 5) is 0. The van der Waals surface area contributed by atoms with Crippen molar-refractivity contribution in [1.82, 2.24) is 5.32 Å². The van der Waals surface area contributed by atoms with Crippen molar-refractivity contribution >= 4 is 0 Å². The lowest BCUT2D eigenvalue weighted by Gasteiger charge is -2.12. The van der Waals surface area contributed by atoms with Crippen LogP contribution in [0.2, 0.25) is 0 Å². The molecule has 0 amide bonds. The summed E-state index contributed by atoms with van der Waals surface area (Å²) in [6.07, 6.45) is 0. The molecule has 0 spiro atoms. The number of rotatable bonds is 4. The van der Waals surface area contributed by atoms with Crippen molar-refractivity contribution in [3.63, 3.8) is 0 Å². The Balaban J connectivity index is 2.55. The Bertz CT molecular complexity index is 246. The molecule has 1 unspecified atom stereocenters. The van der Waals surface area contributed by atoms with E-state index in [4.69, 9.17) is 0 Å². The van der Waals surface area contributed by atoms with E-state index >= 15 is 0 Å². The van der Waals surface area contributed by atoms with Crippen molar-refractivity contribution in [2.45, 2.75) is 13.0 Å². The first kappa shape index (κ1) is 10.1. The molecule has 0 fully saturated rings. The normalized spacial score (nSPS) is 12.8. The third-order valence-electron chi connectivity index (χ3n) is 1.92. The van der Waals surface area contributed by atoms with E-state index in [1.165, 1.54) is 12.1 Å². The van der Waals surface area contributed by atoms with Crippen LogP contribution < -0.4 is 5.32 Å². The molecule has 3 heteroatoms. The number of nitrogens with one attached hydrogen (secondary N) is 1. The Hall–Kier alpha value is -0.960. The van der Waals surface area contributed by atoms with Crippen LogP contribution in [0.25, 0.3) is 0 Å². The van der Waals surface area contributed by atoms with Gasteiger partial charge in [-0.2, -0.15) is 0 Å². The fourth-order valence-electron chi connectivity index (χ4n) is 1.14. The molecule has 1 aromatic rings. The fourth-order valence-corrected chi connectivity index (χ4v) is 1.14. The molecule has 0 aliphatic carbocycles.